The first-order valence-corrected chi connectivity index (χ1v) is 8.16. The topological polar surface area (TPSA) is 67.1 Å². The summed E-state index contributed by atoms with van der Waals surface area (Å²) in [6, 6.07) is 0. The molecule has 6 nitrogen and oxygen atoms in total. The summed E-state index contributed by atoms with van der Waals surface area (Å²) in [7, 11) is 0. The van der Waals surface area contributed by atoms with Gasteiger partial charge in [0.05, 0.1) is 5.69 Å². The second-order valence-corrected chi connectivity index (χ2v) is 6.66. The fourth-order valence-electron chi connectivity index (χ4n) is 3.54. The smallest absolute Gasteiger partial charge is 0.263 e. The molecule has 1 aliphatic heterocycles. The summed E-state index contributed by atoms with van der Waals surface area (Å²) in [6.07, 6.45) is 3.99. The lowest BCUT2D eigenvalue weighted by Crippen LogP contribution is -2.39. The molecule has 0 unspecified atom stereocenters. The molecule has 6 heteroatoms. The van der Waals surface area contributed by atoms with Crippen molar-refractivity contribution in [1.29, 1.82) is 0 Å². The van der Waals surface area contributed by atoms with E-state index in [0.29, 0.717) is 5.71 Å². The zero-order valence-corrected chi connectivity index (χ0v) is 13.7. The first-order valence-electron chi connectivity index (χ1n) is 8.16. The number of likely N-dealkylation sites (tertiary alicyclic amines) is 1. The minimum atomic E-state index is 0.550. The number of fused-ring (bicyclic) bond motifs is 1. The molecular weight excluding hydrogens is 278 g/mol. The molecule has 0 aliphatic carbocycles. The molecule has 3 rings (SSSR count). The lowest BCUT2D eigenvalue weighted by atomic mass is 9.92. The molecule has 0 saturated carbocycles. The van der Waals surface area contributed by atoms with Crippen LogP contribution in [0, 0.1) is 18.8 Å². The predicted octanol–water partition coefficient (Wildman–Crippen LogP) is 2.71. The third-order valence-corrected chi connectivity index (χ3v) is 4.33. The van der Waals surface area contributed by atoms with Gasteiger partial charge in [-0.25, -0.2) is 4.98 Å². The number of aromatic nitrogens is 3. The lowest BCUT2D eigenvalue weighted by Gasteiger charge is -2.34. The van der Waals surface area contributed by atoms with Gasteiger partial charge in [0.25, 0.3) is 5.71 Å². The van der Waals surface area contributed by atoms with Crippen molar-refractivity contribution in [3.63, 3.8) is 0 Å². The highest BCUT2D eigenvalue weighted by molar-refractivity contribution is 5.87. The van der Waals surface area contributed by atoms with Gasteiger partial charge in [-0.2, -0.15) is 4.98 Å². The average Bonchev–Trinajstić information content (AvgIpc) is 2.85. The molecule has 0 radical (unpaired) electrons. The maximum atomic E-state index is 5.17. The van der Waals surface area contributed by atoms with E-state index in [2.05, 4.69) is 39.2 Å². The summed E-state index contributed by atoms with van der Waals surface area (Å²) in [5, 5.41) is 8.24. The molecule has 0 bridgehead atoms. The Kier molecular flexibility index (Phi) is 4.57. The highest BCUT2D eigenvalue weighted by atomic mass is 16.5. The molecule has 1 aliphatic rings. The number of hydrogen-bond acceptors (Lipinski definition) is 6. The van der Waals surface area contributed by atoms with E-state index in [9.17, 15) is 0 Å². The SMILES string of the molecule is Cc1noc2ncnc(NCCCN3C[C@H](C)C[C@@H](C)C3)c12. The predicted molar refractivity (Wildman–Crippen MR) is 86.8 cm³/mol. The van der Waals surface area contributed by atoms with E-state index in [1.807, 2.05) is 6.92 Å². The number of hydrogen-bond donors (Lipinski definition) is 1. The zero-order valence-electron chi connectivity index (χ0n) is 13.7. The monoisotopic (exact) mass is 303 g/mol. The van der Waals surface area contributed by atoms with Crippen LogP contribution in [-0.4, -0.2) is 46.2 Å². The molecule has 2 atom stereocenters. The number of aryl methyl sites for hydroxylation is 1. The molecule has 2 aromatic rings. The fourth-order valence-corrected chi connectivity index (χ4v) is 3.54. The Morgan fingerprint density at radius 1 is 1.27 bits per heavy atom. The molecule has 2 aromatic heterocycles. The van der Waals surface area contributed by atoms with Crippen LogP contribution in [0.25, 0.3) is 11.1 Å². The Balaban J connectivity index is 1.51. The van der Waals surface area contributed by atoms with Crippen LogP contribution < -0.4 is 5.32 Å². The molecule has 1 fully saturated rings. The molecule has 1 saturated heterocycles. The maximum absolute atomic E-state index is 5.17. The molecule has 0 aromatic carbocycles. The van der Waals surface area contributed by atoms with E-state index in [4.69, 9.17) is 4.52 Å². The van der Waals surface area contributed by atoms with Crippen LogP contribution in [0.15, 0.2) is 10.9 Å². The Morgan fingerprint density at radius 3 is 2.82 bits per heavy atom. The minimum Gasteiger partial charge on any atom is -0.369 e. The van der Waals surface area contributed by atoms with Crippen LogP contribution in [0.3, 0.4) is 0 Å². The van der Waals surface area contributed by atoms with E-state index in [1.54, 1.807) is 0 Å². The van der Waals surface area contributed by atoms with E-state index < -0.39 is 0 Å². The number of nitrogens with zero attached hydrogens (tertiary/aromatic N) is 4. The molecule has 1 N–H and O–H groups in total. The summed E-state index contributed by atoms with van der Waals surface area (Å²) < 4.78 is 5.17. The first-order chi connectivity index (χ1) is 10.6. The number of piperidine rings is 1. The standard InChI is InChI=1S/C16H25N5O/c1-11-7-12(2)9-21(8-11)6-4-5-17-15-14-13(3)20-22-16(14)19-10-18-15/h10-12H,4-9H2,1-3H3,(H,17,18,19)/t11-,12-/m1/s1. The first kappa shape index (κ1) is 15.2. The van der Waals surface area contributed by atoms with Crippen molar-refractivity contribution in [3.05, 3.63) is 12.0 Å². The van der Waals surface area contributed by atoms with E-state index in [0.717, 1.165) is 48.2 Å². The van der Waals surface area contributed by atoms with Crippen molar-refractivity contribution in [2.75, 3.05) is 31.5 Å². The second kappa shape index (κ2) is 6.60. The van der Waals surface area contributed by atoms with Gasteiger partial charge in [0.15, 0.2) is 0 Å². The van der Waals surface area contributed by atoms with Crippen molar-refractivity contribution in [3.8, 4) is 0 Å². The summed E-state index contributed by atoms with van der Waals surface area (Å²) in [6.45, 7) is 11.1. The lowest BCUT2D eigenvalue weighted by molar-refractivity contribution is 0.141. The Labute approximate surface area is 131 Å². The molecular formula is C16H25N5O. The van der Waals surface area contributed by atoms with Crippen LogP contribution in [0.2, 0.25) is 0 Å². The van der Waals surface area contributed by atoms with Gasteiger partial charge >= 0.3 is 0 Å². The van der Waals surface area contributed by atoms with Gasteiger partial charge in [0.1, 0.15) is 17.5 Å². The second-order valence-electron chi connectivity index (χ2n) is 6.66. The molecule has 0 amide bonds. The van der Waals surface area contributed by atoms with Crippen molar-refractivity contribution < 1.29 is 4.52 Å². The average molecular weight is 303 g/mol. The molecule has 120 valence electrons. The largest absolute Gasteiger partial charge is 0.369 e. The quantitative estimate of drug-likeness (QED) is 0.857. The van der Waals surface area contributed by atoms with Gasteiger partial charge in [-0.15, -0.1) is 0 Å². The number of anilines is 1. The van der Waals surface area contributed by atoms with E-state index in [-0.39, 0.29) is 0 Å². The Hall–Kier alpha value is -1.69. The van der Waals surface area contributed by atoms with Crippen LogP contribution >= 0.6 is 0 Å². The van der Waals surface area contributed by atoms with Crippen LogP contribution in [0.1, 0.15) is 32.4 Å². The van der Waals surface area contributed by atoms with Crippen LogP contribution in [0.4, 0.5) is 5.82 Å². The van der Waals surface area contributed by atoms with Crippen LogP contribution in [0.5, 0.6) is 0 Å². The summed E-state index contributed by atoms with van der Waals surface area (Å²) >= 11 is 0. The third kappa shape index (κ3) is 3.38. The van der Waals surface area contributed by atoms with Crippen molar-refractivity contribution in [2.45, 2.75) is 33.6 Å². The Morgan fingerprint density at radius 2 is 2.05 bits per heavy atom. The van der Waals surface area contributed by atoms with Crippen molar-refractivity contribution in [2.24, 2.45) is 11.8 Å². The number of nitrogens with one attached hydrogen (secondary N) is 1. The van der Waals surface area contributed by atoms with Gasteiger partial charge < -0.3 is 14.7 Å². The minimum absolute atomic E-state index is 0.550. The summed E-state index contributed by atoms with van der Waals surface area (Å²) in [5.41, 5.74) is 1.38. The third-order valence-electron chi connectivity index (χ3n) is 4.33. The van der Waals surface area contributed by atoms with Crippen molar-refractivity contribution >= 4 is 16.9 Å². The highest BCUT2D eigenvalue weighted by Crippen LogP contribution is 2.23. The van der Waals surface area contributed by atoms with Gasteiger partial charge in [0, 0.05) is 19.6 Å². The summed E-state index contributed by atoms with van der Waals surface area (Å²) in [5.74, 6) is 2.46. The van der Waals surface area contributed by atoms with E-state index >= 15 is 0 Å². The zero-order chi connectivity index (χ0) is 15.5. The Bertz CT molecular complexity index is 616. The fraction of sp³-hybridized carbons (Fsp3) is 0.688. The normalized spacial score (nSPS) is 23.0. The molecule has 22 heavy (non-hydrogen) atoms. The summed E-state index contributed by atoms with van der Waals surface area (Å²) in [4.78, 5) is 11.0. The van der Waals surface area contributed by atoms with Gasteiger partial charge in [-0.05, 0) is 38.1 Å². The van der Waals surface area contributed by atoms with Crippen molar-refractivity contribution in [1.82, 2.24) is 20.0 Å². The van der Waals surface area contributed by atoms with Gasteiger partial charge in [0.2, 0.25) is 0 Å². The van der Waals surface area contributed by atoms with Crippen LogP contribution in [-0.2, 0) is 0 Å². The highest BCUT2D eigenvalue weighted by Gasteiger charge is 2.21. The van der Waals surface area contributed by atoms with E-state index in [1.165, 1.54) is 25.8 Å². The molecule has 0 spiro atoms. The van der Waals surface area contributed by atoms with Gasteiger partial charge in [-0.1, -0.05) is 19.0 Å². The molecule has 3 heterocycles. The number of rotatable bonds is 5. The van der Waals surface area contributed by atoms with Gasteiger partial charge in [-0.3, -0.25) is 0 Å². The maximum Gasteiger partial charge on any atom is 0.263 e.